The number of esters is 1. The minimum Gasteiger partial charge on any atom is -0.468 e. The lowest BCUT2D eigenvalue weighted by atomic mass is 9.96. The average molecular weight is 253 g/mol. The van der Waals surface area contributed by atoms with Crippen LogP contribution in [0, 0.1) is 11.8 Å². The van der Waals surface area contributed by atoms with Crippen molar-refractivity contribution < 1.29 is 9.53 Å². The van der Waals surface area contributed by atoms with Gasteiger partial charge >= 0.3 is 5.97 Å². The first-order valence-electron chi connectivity index (χ1n) is 7.58. The van der Waals surface area contributed by atoms with Crippen LogP contribution in [0.15, 0.2) is 0 Å². The van der Waals surface area contributed by atoms with Gasteiger partial charge in [0, 0.05) is 0 Å². The molecule has 2 atom stereocenters. The first-order valence-corrected chi connectivity index (χ1v) is 7.58. The summed E-state index contributed by atoms with van der Waals surface area (Å²) in [5.74, 6) is 1.43. The van der Waals surface area contributed by atoms with Crippen molar-refractivity contribution in [3.8, 4) is 0 Å². The van der Waals surface area contributed by atoms with Gasteiger partial charge in [-0.2, -0.15) is 0 Å². The Labute approximate surface area is 111 Å². The van der Waals surface area contributed by atoms with Crippen molar-refractivity contribution in [1.82, 2.24) is 4.90 Å². The number of carbonyl (C=O) groups is 1. The Kier molecular flexibility index (Phi) is 5.04. The van der Waals surface area contributed by atoms with Crippen LogP contribution in [0.1, 0.15) is 51.9 Å². The highest BCUT2D eigenvalue weighted by Crippen LogP contribution is 2.37. The minimum absolute atomic E-state index is 0.00792. The molecule has 1 heterocycles. The maximum absolute atomic E-state index is 11.9. The lowest BCUT2D eigenvalue weighted by molar-refractivity contribution is -0.147. The Balaban J connectivity index is 1.92. The second-order valence-corrected chi connectivity index (χ2v) is 5.93. The first-order chi connectivity index (χ1) is 8.76. The number of methoxy groups -OCH3 is 1. The van der Waals surface area contributed by atoms with Crippen molar-refractivity contribution in [1.29, 1.82) is 0 Å². The SMILES string of the molecule is CCCC1CCCN(C(C(=O)OC)C2CC2)CC1. The molecule has 0 spiro atoms. The lowest BCUT2D eigenvalue weighted by Crippen LogP contribution is -2.44. The molecule has 3 nitrogen and oxygen atoms in total. The third kappa shape index (κ3) is 3.47. The quantitative estimate of drug-likeness (QED) is 0.706. The van der Waals surface area contributed by atoms with Crippen molar-refractivity contribution in [3.63, 3.8) is 0 Å². The van der Waals surface area contributed by atoms with Crippen LogP contribution in [0.3, 0.4) is 0 Å². The summed E-state index contributed by atoms with van der Waals surface area (Å²) in [7, 11) is 1.52. The van der Waals surface area contributed by atoms with E-state index in [9.17, 15) is 4.79 Å². The Morgan fingerprint density at radius 1 is 1.28 bits per heavy atom. The highest BCUT2D eigenvalue weighted by atomic mass is 16.5. The van der Waals surface area contributed by atoms with Gasteiger partial charge in [0.25, 0.3) is 0 Å². The Morgan fingerprint density at radius 3 is 2.67 bits per heavy atom. The number of hydrogen-bond acceptors (Lipinski definition) is 3. The largest absolute Gasteiger partial charge is 0.468 e. The van der Waals surface area contributed by atoms with Crippen LogP contribution in [0.2, 0.25) is 0 Å². The van der Waals surface area contributed by atoms with E-state index in [1.165, 1.54) is 52.1 Å². The number of rotatable bonds is 5. The fourth-order valence-corrected chi connectivity index (χ4v) is 3.34. The van der Waals surface area contributed by atoms with Crippen LogP contribution >= 0.6 is 0 Å². The Hall–Kier alpha value is -0.570. The summed E-state index contributed by atoms with van der Waals surface area (Å²) in [6.45, 7) is 4.43. The van der Waals surface area contributed by atoms with E-state index in [0.717, 1.165) is 19.0 Å². The van der Waals surface area contributed by atoms with Gasteiger partial charge in [-0.3, -0.25) is 9.69 Å². The summed E-state index contributed by atoms with van der Waals surface area (Å²) in [6.07, 6.45) is 8.87. The molecule has 2 unspecified atom stereocenters. The summed E-state index contributed by atoms with van der Waals surface area (Å²) >= 11 is 0. The van der Waals surface area contributed by atoms with Crippen LogP contribution in [-0.4, -0.2) is 37.1 Å². The molecule has 0 aromatic rings. The van der Waals surface area contributed by atoms with E-state index in [2.05, 4.69) is 11.8 Å². The number of likely N-dealkylation sites (tertiary alicyclic amines) is 1. The third-order valence-electron chi connectivity index (χ3n) is 4.48. The van der Waals surface area contributed by atoms with E-state index >= 15 is 0 Å². The second-order valence-electron chi connectivity index (χ2n) is 5.93. The molecule has 0 bridgehead atoms. The van der Waals surface area contributed by atoms with E-state index in [4.69, 9.17) is 4.74 Å². The normalized spacial score (nSPS) is 27.6. The molecule has 0 N–H and O–H groups in total. The zero-order chi connectivity index (χ0) is 13.0. The molecule has 2 fully saturated rings. The standard InChI is InChI=1S/C15H27NO2/c1-3-5-12-6-4-10-16(11-9-12)14(13-7-8-13)15(17)18-2/h12-14H,3-11H2,1-2H3. The zero-order valence-corrected chi connectivity index (χ0v) is 11.9. The van der Waals surface area contributed by atoms with Crippen molar-refractivity contribution in [3.05, 3.63) is 0 Å². The number of ether oxygens (including phenoxy) is 1. The van der Waals surface area contributed by atoms with E-state index in [1.807, 2.05) is 0 Å². The van der Waals surface area contributed by atoms with Crippen LogP contribution in [0.4, 0.5) is 0 Å². The number of carbonyl (C=O) groups excluding carboxylic acids is 1. The van der Waals surface area contributed by atoms with E-state index in [1.54, 1.807) is 0 Å². The predicted molar refractivity (Wildman–Crippen MR) is 72.4 cm³/mol. The van der Waals surface area contributed by atoms with Crippen molar-refractivity contribution >= 4 is 5.97 Å². The van der Waals surface area contributed by atoms with Crippen molar-refractivity contribution in [2.75, 3.05) is 20.2 Å². The van der Waals surface area contributed by atoms with E-state index in [0.29, 0.717) is 5.92 Å². The van der Waals surface area contributed by atoms with Gasteiger partial charge in [-0.15, -0.1) is 0 Å². The number of hydrogen-bond donors (Lipinski definition) is 0. The summed E-state index contributed by atoms with van der Waals surface area (Å²) in [5, 5.41) is 0. The van der Waals surface area contributed by atoms with E-state index in [-0.39, 0.29) is 12.0 Å². The summed E-state index contributed by atoms with van der Waals surface area (Å²) in [4.78, 5) is 14.4. The van der Waals surface area contributed by atoms with E-state index < -0.39 is 0 Å². The van der Waals surface area contributed by atoms with Gasteiger partial charge in [0.2, 0.25) is 0 Å². The molecular weight excluding hydrogens is 226 g/mol. The summed E-state index contributed by atoms with van der Waals surface area (Å²) in [6, 6.07) is 0.0513. The average Bonchev–Trinajstić information content (AvgIpc) is 3.19. The molecule has 0 amide bonds. The highest BCUT2D eigenvalue weighted by Gasteiger charge is 2.41. The molecule has 104 valence electrons. The topological polar surface area (TPSA) is 29.5 Å². The van der Waals surface area contributed by atoms with Crippen LogP contribution < -0.4 is 0 Å². The first kappa shape index (κ1) is 13.9. The molecule has 1 saturated carbocycles. The van der Waals surface area contributed by atoms with Crippen LogP contribution in [0.5, 0.6) is 0 Å². The molecule has 1 aliphatic carbocycles. The van der Waals surface area contributed by atoms with Crippen molar-refractivity contribution in [2.45, 2.75) is 57.9 Å². The molecule has 18 heavy (non-hydrogen) atoms. The number of nitrogens with zero attached hydrogens (tertiary/aromatic N) is 1. The maximum Gasteiger partial charge on any atom is 0.323 e. The van der Waals surface area contributed by atoms with Gasteiger partial charge in [0.1, 0.15) is 6.04 Å². The fourth-order valence-electron chi connectivity index (χ4n) is 3.34. The minimum atomic E-state index is -0.00792. The molecule has 1 aliphatic heterocycles. The van der Waals surface area contributed by atoms with Gasteiger partial charge < -0.3 is 4.74 Å². The van der Waals surface area contributed by atoms with Gasteiger partial charge in [0.15, 0.2) is 0 Å². The summed E-state index contributed by atoms with van der Waals surface area (Å²) < 4.78 is 5.00. The second kappa shape index (κ2) is 6.55. The van der Waals surface area contributed by atoms with Crippen molar-refractivity contribution in [2.24, 2.45) is 11.8 Å². The van der Waals surface area contributed by atoms with Gasteiger partial charge in [0.05, 0.1) is 7.11 Å². The highest BCUT2D eigenvalue weighted by molar-refractivity contribution is 5.76. The molecule has 0 radical (unpaired) electrons. The molecular formula is C15H27NO2. The molecule has 0 aromatic carbocycles. The Bertz CT molecular complexity index is 276. The monoisotopic (exact) mass is 253 g/mol. The molecule has 2 aliphatic rings. The van der Waals surface area contributed by atoms with Gasteiger partial charge in [-0.05, 0) is 57.0 Å². The zero-order valence-electron chi connectivity index (χ0n) is 11.9. The predicted octanol–water partition coefficient (Wildman–Crippen LogP) is 2.84. The fraction of sp³-hybridized carbons (Fsp3) is 0.933. The van der Waals surface area contributed by atoms with Gasteiger partial charge in [-0.1, -0.05) is 19.8 Å². The molecule has 1 saturated heterocycles. The molecule has 0 aromatic heterocycles. The smallest absolute Gasteiger partial charge is 0.323 e. The molecule has 2 rings (SSSR count). The van der Waals surface area contributed by atoms with Crippen LogP contribution in [0.25, 0.3) is 0 Å². The van der Waals surface area contributed by atoms with Crippen LogP contribution in [-0.2, 0) is 9.53 Å². The van der Waals surface area contributed by atoms with Gasteiger partial charge in [-0.25, -0.2) is 0 Å². The maximum atomic E-state index is 11.9. The molecule has 3 heteroatoms. The lowest BCUT2D eigenvalue weighted by Gasteiger charge is -2.28. The summed E-state index contributed by atoms with van der Waals surface area (Å²) in [5.41, 5.74) is 0. The Morgan fingerprint density at radius 2 is 2.06 bits per heavy atom. The third-order valence-corrected chi connectivity index (χ3v) is 4.48.